The summed E-state index contributed by atoms with van der Waals surface area (Å²) < 4.78 is 5.53. The summed E-state index contributed by atoms with van der Waals surface area (Å²) in [4.78, 5) is 18.9. The first-order valence-corrected chi connectivity index (χ1v) is 8.95. The lowest BCUT2D eigenvalue weighted by Gasteiger charge is -2.26. The van der Waals surface area contributed by atoms with Crippen LogP contribution in [0.1, 0.15) is 43.4 Å². The zero-order valence-corrected chi connectivity index (χ0v) is 14.6. The van der Waals surface area contributed by atoms with Gasteiger partial charge in [-0.25, -0.2) is 9.78 Å². The summed E-state index contributed by atoms with van der Waals surface area (Å²) >= 11 is 0. The molecule has 1 fully saturated rings. The van der Waals surface area contributed by atoms with Crippen molar-refractivity contribution in [3.05, 3.63) is 59.8 Å². The quantitative estimate of drug-likeness (QED) is 0.849. The fourth-order valence-electron chi connectivity index (χ4n) is 3.19. The molecule has 1 aromatic carbocycles. The summed E-state index contributed by atoms with van der Waals surface area (Å²) in [6, 6.07) is 13.8. The molecule has 1 saturated heterocycles. The molecular weight excluding hydrogens is 314 g/mol. The minimum atomic E-state index is -0.253. The molecule has 0 unspecified atom stereocenters. The van der Waals surface area contributed by atoms with Crippen molar-refractivity contribution >= 4 is 11.9 Å². The maximum absolute atomic E-state index is 12.6. The van der Waals surface area contributed by atoms with E-state index in [0.717, 1.165) is 49.3 Å². The van der Waals surface area contributed by atoms with Crippen LogP contribution in [0.4, 0.5) is 10.6 Å². The number of anilines is 1. The molecule has 2 heterocycles. The molecule has 0 aliphatic carbocycles. The Morgan fingerprint density at radius 3 is 2.92 bits per heavy atom. The zero-order chi connectivity index (χ0) is 17.5. The van der Waals surface area contributed by atoms with Crippen molar-refractivity contribution in [3.63, 3.8) is 0 Å². The fourth-order valence-corrected chi connectivity index (χ4v) is 3.19. The number of hydrogen-bond donors (Lipinski definition) is 1. The van der Waals surface area contributed by atoms with Crippen molar-refractivity contribution in [2.75, 3.05) is 18.4 Å². The largest absolute Gasteiger partial charge is 0.445 e. The van der Waals surface area contributed by atoms with Gasteiger partial charge in [0.1, 0.15) is 12.4 Å². The molecule has 1 N–H and O–H groups in total. The molecule has 1 aliphatic heterocycles. The summed E-state index contributed by atoms with van der Waals surface area (Å²) in [5.41, 5.74) is 2.07. The van der Waals surface area contributed by atoms with Crippen LogP contribution in [0.5, 0.6) is 0 Å². The van der Waals surface area contributed by atoms with Crippen LogP contribution in [-0.2, 0) is 11.3 Å². The topological polar surface area (TPSA) is 54.5 Å². The molecule has 25 heavy (non-hydrogen) atoms. The van der Waals surface area contributed by atoms with E-state index in [1.807, 2.05) is 41.3 Å². The number of rotatable bonds is 6. The number of nitrogens with zero attached hydrogens (tertiary/aromatic N) is 2. The smallest absolute Gasteiger partial charge is 0.410 e. The van der Waals surface area contributed by atoms with Crippen LogP contribution >= 0.6 is 0 Å². The predicted octanol–water partition coefficient (Wildman–Crippen LogP) is 4.38. The van der Waals surface area contributed by atoms with Gasteiger partial charge in [0.15, 0.2) is 0 Å². The Labute approximate surface area is 149 Å². The van der Waals surface area contributed by atoms with Crippen molar-refractivity contribution in [1.29, 1.82) is 0 Å². The number of aromatic nitrogens is 1. The van der Waals surface area contributed by atoms with Gasteiger partial charge in [0.2, 0.25) is 0 Å². The predicted molar refractivity (Wildman–Crippen MR) is 98.3 cm³/mol. The summed E-state index contributed by atoms with van der Waals surface area (Å²) in [5.74, 6) is 0.872. The number of carbonyl (C=O) groups is 1. The number of hydrogen-bond acceptors (Lipinski definition) is 4. The summed E-state index contributed by atoms with van der Waals surface area (Å²) in [7, 11) is 0. The average Bonchev–Trinajstić information content (AvgIpc) is 3.15. The monoisotopic (exact) mass is 339 g/mol. The Morgan fingerprint density at radius 1 is 1.28 bits per heavy atom. The maximum Gasteiger partial charge on any atom is 0.410 e. The second-order valence-corrected chi connectivity index (χ2v) is 6.26. The molecule has 1 aromatic heterocycles. The molecular formula is C20H25N3O2. The summed E-state index contributed by atoms with van der Waals surface area (Å²) in [5, 5.41) is 3.37. The van der Waals surface area contributed by atoms with E-state index in [1.54, 1.807) is 6.20 Å². The second-order valence-electron chi connectivity index (χ2n) is 6.26. The van der Waals surface area contributed by atoms with E-state index in [0.29, 0.717) is 6.61 Å². The lowest BCUT2D eigenvalue weighted by molar-refractivity contribution is 0.0921. The van der Waals surface area contributed by atoms with Gasteiger partial charge in [0.05, 0.1) is 6.04 Å². The Balaban J connectivity index is 1.69. The molecule has 3 rings (SSSR count). The van der Waals surface area contributed by atoms with E-state index in [1.165, 1.54) is 0 Å². The molecule has 1 amide bonds. The summed E-state index contributed by atoms with van der Waals surface area (Å²) in [6.45, 7) is 4.02. The Kier molecular flexibility index (Phi) is 5.88. The van der Waals surface area contributed by atoms with Crippen LogP contribution < -0.4 is 5.32 Å². The van der Waals surface area contributed by atoms with Crippen LogP contribution in [-0.4, -0.2) is 29.1 Å². The SMILES string of the molecule is CCCNc1ncccc1[C@H]1CCCN1C(=O)OCc1ccccc1. The Hall–Kier alpha value is -2.56. The van der Waals surface area contributed by atoms with E-state index in [9.17, 15) is 4.79 Å². The van der Waals surface area contributed by atoms with Gasteiger partial charge in [-0.3, -0.25) is 0 Å². The van der Waals surface area contributed by atoms with Gasteiger partial charge in [-0.1, -0.05) is 43.3 Å². The van der Waals surface area contributed by atoms with Crippen molar-refractivity contribution in [1.82, 2.24) is 9.88 Å². The van der Waals surface area contributed by atoms with Crippen LogP contribution in [0.15, 0.2) is 48.7 Å². The number of likely N-dealkylation sites (tertiary alicyclic amines) is 1. The molecule has 1 aliphatic rings. The van der Waals surface area contributed by atoms with Gasteiger partial charge in [0, 0.05) is 24.8 Å². The lowest BCUT2D eigenvalue weighted by atomic mass is 10.1. The highest BCUT2D eigenvalue weighted by Crippen LogP contribution is 2.35. The number of ether oxygens (including phenoxy) is 1. The third-order valence-electron chi connectivity index (χ3n) is 4.43. The Bertz CT molecular complexity index is 690. The van der Waals surface area contributed by atoms with Gasteiger partial charge in [-0.15, -0.1) is 0 Å². The molecule has 0 saturated carbocycles. The molecule has 2 aromatic rings. The van der Waals surface area contributed by atoms with E-state index < -0.39 is 0 Å². The second kappa shape index (κ2) is 8.51. The summed E-state index contributed by atoms with van der Waals surface area (Å²) in [6.07, 6.45) is 4.48. The third kappa shape index (κ3) is 4.29. The fraction of sp³-hybridized carbons (Fsp3) is 0.400. The van der Waals surface area contributed by atoms with Crippen molar-refractivity contribution < 1.29 is 9.53 Å². The molecule has 5 heteroatoms. The number of benzene rings is 1. The van der Waals surface area contributed by atoms with Gasteiger partial charge >= 0.3 is 6.09 Å². The average molecular weight is 339 g/mol. The lowest BCUT2D eigenvalue weighted by Crippen LogP contribution is -2.31. The van der Waals surface area contributed by atoms with Crippen LogP contribution in [0, 0.1) is 0 Å². The van der Waals surface area contributed by atoms with Gasteiger partial charge in [-0.05, 0) is 30.9 Å². The third-order valence-corrected chi connectivity index (χ3v) is 4.43. The van der Waals surface area contributed by atoms with Crippen molar-refractivity contribution in [2.24, 2.45) is 0 Å². The van der Waals surface area contributed by atoms with Crippen molar-refractivity contribution in [3.8, 4) is 0 Å². The van der Waals surface area contributed by atoms with E-state index >= 15 is 0 Å². The molecule has 132 valence electrons. The number of carbonyl (C=O) groups excluding carboxylic acids is 1. The highest BCUT2D eigenvalue weighted by atomic mass is 16.6. The molecule has 5 nitrogen and oxygen atoms in total. The maximum atomic E-state index is 12.6. The molecule has 1 atom stereocenters. The van der Waals surface area contributed by atoms with Gasteiger partial charge in [-0.2, -0.15) is 0 Å². The number of nitrogens with one attached hydrogen (secondary N) is 1. The highest BCUT2D eigenvalue weighted by molar-refractivity contribution is 5.69. The number of pyridine rings is 1. The van der Waals surface area contributed by atoms with Crippen LogP contribution in [0.25, 0.3) is 0 Å². The van der Waals surface area contributed by atoms with Crippen molar-refractivity contribution in [2.45, 2.75) is 38.8 Å². The first kappa shape index (κ1) is 17.3. The van der Waals surface area contributed by atoms with E-state index in [4.69, 9.17) is 4.74 Å². The van der Waals surface area contributed by atoms with E-state index in [2.05, 4.69) is 23.3 Å². The van der Waals surface area contributed by atoms with Crippen LogP contribution in [0.2, 0.25) is 0 Å². The molecule has 0 spiro atoms. The van der Waals surface area contributed by atoms with E-state index in [-0.39, 0.29) is 12.1 Å². The van der Waals surface area contributed by atoms with Gasteiger partial charge in [0.25, 0.3) is 0 Å². The molecule has 0 bridgehead atoms. The highest BCUT2D eigenvalue weighted by Gasteiger charge is 2.32. The Morgan fingerprint density at radius 2 is 2.12 bits per heavy atom. The van der Waals surface area contributed by atoms with Gasteiger partial charge < -0.3 is 15.0 Å². The first-order chi connectivity index (χ1) is 12.3. The minimum Gasteiger partial charge on any atom is -0.445 e. The normalized spacial score (nSPS) is 16.7. The minimum absolute atomic E-state index is 0.0244. The zero-order valence-electron chi connectivity index (χ0n) is 14.6. The van der Waals surface area contributed by atoms with Crippen LogP contribution in [0.3, 0.4) is 0 Å². The first-order valence-electron chi connectivity index (χ1n) is 8.95. The standard InChI is InChI=1S/C20H25N3O2/c1-2-12-21-19-17(10-6-13-22-19)18-11-7-14-23(18)20(24)25-15-16-8-4-3-5-9-16/h3-6,8-10,13,18H,2,7,11-12,14-15H2,1H3,(H,21,22)/t18-/m1/s1. The number of amides is 1. The molecule has 0 radical (unpaired) electrons.